The largest absolute Gasteiger partial charge is 0.317 e. The Bertz CT molecular complexity index is 289. The van der Waals surface area contributed by atoms with Crippen LogP contribution in [0.5, 0.6) is 0 Å². The Morgan fingerprint density at radius 3 is 2.93 bits per heavy atom. The van der Waals surface area contributed by atoms with Crippen molar-refractivity contribution in [2.75, 3.05) is 13.1 Å². The second-order valence-electron chi connectivity index (χ2n) is 3.80. The summed E-state index contributed by atoms with van der Waals surface area (Å²) in [7, 11) is 0. The van der Waals surface area contributed by atoms with Crippen LogP contribution in [0.4, 0.5) is 4.39 Å². The predicted molar refractivity (Wildman–Crippen MR) is 52.9 cm³/mol. The predicted octanol–water partition coefficient (Wildman–Crippen LogP) is 1.84. The molecule has 2 rings (SSSR count). The van der Waals surface area contributed by atoms with Gasteiger partial charge in [-0.05, 0) is 38.9 Å². The summed E-state index contributed by atoms with van der Waals surface area (Å²) in [5.74, 6) is 0. The van der Waals surface area contributed by atoms with Crippen molar-refractivity contribution in [3.05, 3.63) is 18.0 Å². The van der Waals surface area contributed by atoms with E-state index in [-0.39, 0.29) is 0 Å². The molecule has 1 aliphatic heterocycles. The standard InChI is InChI=1S/C10H16FN3/c1-8(11)10-4-7-13-14(10)9-2-5-12-6-3-9/h4,7-9,12H,2-3,5-6H2,1H3. The molecule has 1 aromatic heterocycles. The lowest BCUT2D eigenvalue weighted by atomic mass is 10.1. The summed E-state index contributed by atoms with van der Waals surface area (Å²) >= 11 is 0. The normalized spacial score (nSPS) is 21.0. The third kappa shape index (κ3) is 1.80. The van der Waals surface area contributed by atoms with Gasteiger partial charge in [0, 0.05) is 6.20 Å². The monoisotopic (exact) mass is 197 g/mol. The number of hydrogen-bond acceptors (Lipinski definition) is 2. The number of alkyl halides is 1. The zero-order chi connectivity index (χ0) is 9.97. The average Bonchev–Trinajstić information content (AvgIpc) is 2.67. The summed E-state index contributed by atoms with van der Waals surface area (Å²) in [5, 5.41) is 7.50. The molecule has 0 saturated carbocycles. The highest BCUT2D eigenvalue weighted by Crippen LogP contribution is 2.24. The first-order valence-corrected chi connectivity index (χ1v) is 5.17. The van der Waals surface area contributed by atoms with Crippen molar-refractivity contribution in [2.24, 2.45) is 0 Å². The molecule has 1 unspecified atom stereocenters. The third-order valence-electron chi connectivity index (χ3n) is 2.76. The minimum Gasteiger partial charge on any atom is -0.317 e. The SMILES string of the molecule is CC(F)c1ccnn1C1CCNCC1. The second kappa shape index (κ2) is 4.09. The molecular formula is C10H16FN3. The van der Waals surface area contributed by atoms with Crippen LogP contribution in [0.1, 0.15) is 37.7 Å². The molecule has 14 heavy (non-hydrogen) atoms. The molecule has 2 heterocycles. The zero-order valence-corrected chi connectivity index (χ0v) is 8.41. The van der Waals surface area contributed by atoms with Gasteiger partial charge in [0.1, 0.15) is 6.17 Å². The number of nitrogens with zero attached hydrogens (tertiary/aromatic N) is 2. The van der Waals surface area contributed by atoms with Crippen molar-refractivity contribution in [1.82, 2.24) is 15.1 Å². The van der Waals surface area contributed by atoms with Gasteiger partial charge in [0.05, 0.1) is 11.7 Å². The van der Waals surface area contributed by atoms with Crippen molar-refractivity contribution in [3.8, 4) is 0 Å². The molecule has 0 amide bonds. The number of hydrogen-bond donors (Lipinski definition) is 1. The minimum atomic E-state index is -0.924. The molecular weight excluding hydrogens is 181 g/mol. The lowest BCUT2D eigenvalue weighted by Gasteiger charge is -2.25. The maximum atomic E-state index is 13.2. The molecule has 0 spiro atoms. The molecule has 4 heteroatoms. The van der Waals surface area contributed by atoms with Crippen LogP contribution < -0.4 is 5.32 Å². The molecule has 1 aromatic rings. The van der Waals surface area contributed by atoms with Crippen LogP contribution in [0.15, 0.2) is 12.3 Å². The second-order valence-corrected chi connectivity index (χ2v) is 3.80. The van der Waals surface area contributed by atoms with Gasteiger partial charge < -0.3 is 5.32 Å². The average molecular weight is 197 g/mol. The first-order chi connectivity index (χ1) is 6.79. The van der Waals surface area contributed by atoms with Gasteiger partial charge in [-0.3, -0.25) is 4.68 Å². The van der Waals surface area contributed by atoms with E-state index in [1.165, 1.54) is 0 Å². The number of nitrogens with one attached hydrogen (secondary N) is 1. The molecule has 1 aliphatic rings. The first kappa shape index (κ1) is 9.65. The lowest BCUT2D eigenvalue weighted by molar-refractivity contribution is 0.294. The van der Waals surface area contributed by atoms with Gasteiger partial charge in [0.2, 0.25) is 0 Å². The van der Waals surface area contributed by atoms with Crippen molar-refractivity contribution >= 4 is 0 Å². The van der Waals surface area contributed by atoms with E-state index in [2.05, 4.69) is 10.4 Å². The third-order valence-corrected chi connectivity index (χ3v) is 2.76. The maximum absolute atomic E-state index is 13.2. The highest BCUT2D eigenvalue weighted by atomic mass is 19.1. The Kier molecular flexibility index (Phi) is 2.82. The van der Waals surface area contributed by atoms with Gasteiger partial charge in [-0.15, -0.1) is 0 Å². The molecule has 1 saturated heterocycles. The van der Waals surface area contributed by atoms with E-state index < -0.39 is 6.17 Å². The number of piperidine rings is 1. The van der Waals surface area contributed by atoms with Crippen LogP contribution in [0, 0.1) is 0 Å². The van der Waals surface area contributed by atoms with Crippen LogP contribution in [0.3, 0.4) is 0 Å². The molecule has 78 valence electrons. The Balaban J connectivity index is 2.17. The topological polar surface area (TPSA) is 29.9 Å². The van der Waals surface area contributed by atoms with E-state index in [1.54, 1.807) is 19.2 Å². The fraction of sp³-hybridized carbons (Fsp3) is 0.700. The van der Waals surface area contributed by atoms with Crippen molar-refractivity contribution in [1.29, 1.82) is 0 Å². The van der Waals surface area contributed by atoms with E-state index in [4.69, 9.17) is 0 Å². The number of halogens is 1. The van der Waals surface area contributed by atoms with E-state index in [0.717, 1.165) is 25.9 Å². The summed E-state index contributed by atoms with van der Waals surface area (Å²) in [6, 6.07) is 2.15. The zero-order valence-electron chi connectivity index (χ0n) is 8.41. The summed E-state index contributed by atoms with van der Waals surface area (Å²) in [4.78, 5) is 0. The van der Waals surface area contributed by atoms with Gasteiger partial charge in [-0.2, -0.15) is 5.10 Å². The minimum absolute atomic E-state index is 0.374. The Morgan fingerprint density at radius 1 is 1.57 bits per heavy atom. The van der Waals surface area contributed by atoms with Crippen molar-refractivity contribution in [3.63, 3.8) is 0 Å². The van der Waals surface area contributed by atoms with Crippen LogP contribution in [0.25, 0.3) is 0 Å². The molecule has 1 N–H and O–H groups in total. The lowest BCUT2D eigenvalue weighted by Crippen LogP contribution is -2.30. The summed E-state index contributed by atoms with van der Waals surface area (Å²) in [6.45, 7) is 3.57. The first-order valence-electron chi connectivity index (χ1n) is 5.17. The van der Waals surface area contributed by atoms with Gasteiger partial charge in [-0.1, -0.05) is 0 Å². The Morgan fingerprint density at radius 2 is 2.29 bits per heavy atom. The van der Waals surface area contributed by atoms with Crippen molar-refractivity contribution in [2.45, 2.75) is 32.0 Å². The van der Waals surface area contributed by atoms with Gasteiger partial charge >= 0.3 is 0 Å². The summed E-state index contributed by atoms with van der Waals surface area (Å²) < 4.78 is 15.1. The molecule has 0 aliphatic carbocycles. The van der Waals surface area contributed by atoms with Crippen LogP contribution in [-0.4, -0.2) is 22.9 Å². The molecule has 0 bridgehead atoms. The van der Waals surface area contributed by atoms with E-state index >= 15 is 0 Å². The van der Waals surface area contributed by atoms with E-state index in [9.17, 15) is 4.39 Å². The quantitative estimate of drug-likeness (QED) is 0.784. The maximum Gasteiger partial charge on any atom is 0.139 e. The van der Waals surface area contributed by atoms with Crippen LogP contribution >= 0.6 is 0 Å². The van der Waals surface area contributed by atoms with E-state index in [0.29, 0.717) is 11.7 Å². The van der Waals surface area contributed by atoms with E-state index in [1.807, 2.05) is 4.68 Å². The smallest absolute Gasteiger partial charge is 0.139 e. The fourth-order valence-corrected chi connectivity index (χ4v) is 2.00. The molecule has 3 nitrogen and oxygen atoms in total. The summed E-state index contributed by atoms with van der Waals surface area (Å²) in [5.41, 5.74) is 0.705. The highest BCUT2D eigenvalue weighted by molar-refractivity contribution is 5.05. The van der Waals surface area contributed by atoms with Crippen molar-refractivity contribution < 1.29 is 4.39 Å². The molecule has 0 aromatic carbocycles. The summed E-state index contributed by atoms with van der Waals surface area (Å²) in [6.07, 6.45) is 2.85. The fourth-order valence-electron chi connectivity index (χ4n) is 2.00. The highest BCUT2D eigenvalue weighted by Gasteiger charge is 2.19. The number of aromatic nitrogens is 2. The molecule has 1 atom stereocenters. The number of rotatable bonds is 2. The Labute approximate surface area is 83.3 Å². The van der Waals surface area contributed by atoms with Crippen LogP contribution in [-0.2, 0) is 0 Å². The van der Waals surface area contributed by atoms with Crippen LogP contribution in [0.2, 0.25) is 0 Å². The van der Waals surface area contributed by atoms with Gasteiger partial charge in [-0.25, -0.2) is 4.39 Å². The Hall–Kier alpha value is -0.900. The molecule has 1 fully saturated rings. The van der Waals surface area contributed by atoms with Gasteiger partial charge in [0.25, 0.3) is 0 Å². The van der Waals surface area contributed by atoms with Gasteiger partial charge in [0.15, 0.2) is 0 Å². The molecule has 0 radical (unpaired) electrons.